The average Bonchev–Trinajstić information content (AvgIpc) is 3.05. The van der Waals surface area contributed by atoms with Gasteiger partial charge in [0.2, 0.25) is 11.9 Å². The maximum absolute atomic E-state index is 12.8. The molecule has 2 aromatic heterocycles. The van der Waals surface area contributed by atoms with Crippen molar-refractivity contribution >= 4 is 23.2 Å². The number of benzene rings is 1. The Balaban J connectivity index is 1.50. The molecule has 0 aliphatic carbocycles. The lowest BCUT2D eigenvalue weighted by molar-refractivity contribution is -0.120. The molecule has 1 saturated heterocycles. The van der Waals surface area contributed by atoms with Crippen molar-refractivity contribution in [3.05, 3.63) is 53.7 Å². The zero-order valence-electron chi connectivity index (χ0n) is 15.1. The van der Waals surface area contributed by atoms with E-state index in [2.05, 4.69) is 26.5 Å². The Labute approximate surface area is 152 Å². The molecule has 1 amide bonds. The SMILES string of the molecule is Cc1cc(C)cc(NC(=O)[C@@H]2CCCN(c3nnc4ccccn34)C2)c1. The zero-order valence-corrected chi connectivity index (χ0v) is 15.1. The number of rotatable bonds is 3. The van der Waals surface area contributed by atoms with E-state index in [-0.39, 0.29) is 11.8 Å². The van der Waals surface area contributed by atoms with E-state index in [4.69, 9.17) is 0 Å². The fraction of sp³-hybridized carbons (Fsp3) is 0.350. The largest absolute Gasteiger partial charge is 0.340 e. The summed E-state index contributed by atoms with van der Waals surface area (Å²) in [5, 5.41) is 11.6. The van der Waals surface area contributed by atoms with Crippen molar-refractivity contribution < 1.29 is 4.79 Å². The molecule has 1 aliphatic heterocycles. The van der Waals surface area contributed by atoms with Crippen molar-refractivity contribution in [3.63, 3.8) is 0 Å². The van der Waals surface area contributed by atoms with Gasteiger partial charge in [0.15, 0.2) is 5.65 Å². The lowest BCUT2D eigenvalue weighted by Crippen LogP contribution is -2.41. The number of aryl methyl sites for hydroxylation is 2. The highest BCUT2D eigenvalue weighted by molar-refractivity contribution is 5.93. The van der Waals surface area contributed by atoms with Crippen molar-refractivity contribution in [1.29, 1.82) is 0 Å². The highest BCUT2D eigenvalue weighted by Gasteiger charge is 2.28. The molecule has 1 fully saturated rings. The quantitative estimate of drug-likeness (QED) is 0.789. The second kappa shape index (κ2) is 6.78. The van der Waals surface area contributed by atoms with Gasteiger partial charge in [0.25, 0.3) is 0 Å². The van der Waals surface area contributed by atoms with Crippen LogP contribution in [0.5, 0.6) is 0 Å². The summed E-state index contributed by atoms with van der Waals surface area (Å²) < 4.78 is 1.98. The van der Waals surface area contributed by atoms with Crippen LogP contribution in [0.3, 0.4) is 0 Å². The van der Waals surface area contributed by atoms with Gasteiger partial charge in [-0.15, -0.1) is 10.2 Å². The van der Waals surface area contributed by atoms with Crippen LogP contribution in [0.4, 0.5) is 11.6 Å². The highest BCUT2D eigenvalue weighted by Crippen LogP contribution is 2.24. The first-order valence-electron chi connectivity index (χ1n) is 9.04. The average molecular weight is 349 g/mol. The fourth-order valence-corrected chi connectivity index (χ4v) is 3.71. The third-order valence-electron chi connectivity index (χ3n) is 4.86. The van der Waals surface area contributed by atoms with Gasteiger partial charge in [0, 0.05) is 25.0 Å². The standard InChI is InChI=1S/C20H23N5O/c1-14-10-15(2)12-17(11-14)21-19(26)16-6-5-8-24(13-16)20-23-22-18-7-3-4-9-25(18)20/h3-4,7,9-12,16H,5-6,8,13H2,1-2H3,(H,21,26)/t16-/m1/s1. The van der Waals surface area contributed by atoms with E-state index in [1.54, 1.807) is 0 Å². The third kappa shape index (κ3) is 3.27. The second-order valence-corrected chi connectivity index (χ2v) is 7.08. The van der Waals surface area contributed by atoms with Gasteiger partial charge in [0.1, 0.15) is 0 Å². The molecular formula is C20H23N5O. The second-order valence-electron chi connectivity index (χ2n) is 7.08. The van der Waals surface area contributed by atoms with Gasteiger partial charge in [-0.1, -0.05) is 12.1 Å². The predicted molar refractivity (Wildman–Crippen MR) is 102 cm³/mol. The molecule has 4 rings (SSSR count). The number of carbonyl (C=O) groups is 1. The minimum Gasteiger partial charge on any atom is -0.340 e. The summed E-state index contributed by atoms with van der Waals surface area (Å²) in [5.74, 6) is 0.832. The smallest absolute Gasteiger partial charge is 0.231 e. The molecule has 1 aromatic carbocycles. The van der Waals surface area contributed by atoms with Gasteiger partial charge in [-0.3, -0.25) is 9.20 Å². The van der Waals surface area contributed by atoms with Crippen molar-refractivity contribution in [2.24, 2.45) is 5.92 Å². The Bertz CT molecular complexity index is 928. The molecule has 3 heterocycles. The number of anilines is 2. The van der Waals surface area contributed by atoms with Crippen molar-refractivity contribution in [3.8, 4) is 0 Å². The number of hydrogen-bond acceptors (Lipinski definition) is 4. The van der Waals surface area contributed by atoms with E-state index in [0.29, 0.717) is 6.54 Å². The zero-order chi connectivity index (χ0) is 18.1. The van der Waals surface area contributed by atoms with Crippen LogP contribution < -0.4 is 10.2 Å². The summed E-state index contributed by atoms with van der Waals surface area (Å²) in [6.45, 7) is 5.64. The Morgan fingerprint density at radius 2 is 1.96 bits per heavy atom. The van der Waals surface area contributed by atoms with E-state index in [9.17, 15) is 4.79 Å². The first kappa shape index (κ1) is 16.6. The van der Waals surface area contributed by atoms with Crippen molar-refractivity contribution in [2.45, 2.75) is 26.7 Å². The molecule has 1 aliphatic rings. The summed E-state index contributed by atoms with van der Waals surface area (Å²) in [6.07, 6.45) is 3.82. The normalized spacial score (nSPS) is 17.5. The van der Waals surface area contributed by atoms with Crippen molar-refractivity contribution in [2.75, 3.05) is 23.3 Å². The molecule has 134 valence electrons. The monoisotopic (exact) mass is 349 g/mol. The van der Waals surface area contributed by atoms with E-state index in [1.165, 1.54) is 0 Å². The highest BCUT2D eigenvalue weighted by atomic mass is 16.1. The molecule has 6 heteroatoms. The first-order chi connectivity index (χ1) is 12.6. The summed E-state index contributed by atoms with van der Waals surface area (Å²) in [7, 11) is 0. The van der Waals surface area contributed by atoms with Crippen LogP contribution in [0, 0.1) is 19.8 Å². The van der Waals surface area contributed by atoms with Gasteiger partial charge in [-0.05, 0) is 62.1 Å². The molecule has 0 saturated carbocycles. The number of pyridine rings is 1. The summed E-state index contributed by atoms with van der Waals surface area (Å²) in [4.78, 5) is 15.0. The summed E-state index contributed by atoms with van der Waals surface area (Å²) in [6, 6.07) is 12.0. The van der Waals surface area contributed by atoms with E-state index < -0.39 is 0 Å². The number of carbonyl (C=O) groups excluding carboxylic acids is 1. The van der Waals surface area contributed by atoms with E-state index >= 15 is 0 Å². The van der Waals surface area contributed by atoms with Gasteiger partial charge >= 0.3 is 0 Å². The van der Waals surface area contributed by atoms with Gasteiger partial charge in [-0.2, -0.15) is 0 Å². The molecule has 6 nitrogen and oxygen atoms in total. The molecule has 0 bridgehead atoms. The number of piperidine rings is 1. The molecule has 0 radical (unpaired) electrons. The molecule has 0 unspecified atom stereocenters. The van der Waals surface area contributed by atoms with Crippen LogP contribution in [0.2, 0.25) is 0 Å². The molecule has 0 spiro atoms. The number of aromatic nitrogens is 3. The van der Waals surface area contributed by atoms with Gasteiger partial charge in [-0.25, -0.2) is 0 Å². The summed E-state index contributed by atoms with van der Waals surface area (Å²) in [5.41, 5.74) is 4.00. The molecule has 26 heavy (non-hydrogen) atoms. The number of amides is 1. The number of hydrogen-bond donors (Lipinski definition) is 1. The van der Waals surface area contributed by atoms with Crippen LogP contribution in [0.15, 0.2) is 42.6 Å². The number of nitrogens with zero attached hydrogens (tertiary/aromatic N) is 4. The third-order valence-corrected chi connectivity index (χ3v) is 4.86. The Hall–Kier alpha value is -2.89. The van der Waals surface area contributed by atoms with Crippen LogP contribution in [0.25, 0.3) is 5.65 Å². The maximum Gasteiger partial charge on any atom is 0.231 e. The maximum atomic E-state index is 12.8. The van der Waals surface area contributed by atoms with Crippen LogP contribution in [-0.4, -0.2) is 33.6 Å². The predicted octanol–water partition coefficient (Wildman–Crippen LogP) is 3.20. The summed E-state index contributed by atoms with van der Waals surface area (Å²) >= 11 is 0. The topological polar surface area (TPSA) is 62.5 Å². The molecule has 1 atom stereocenters. The lowest BCUT2D eigenvalue weighted by atomic mass is 9.97. The van der Waals surface area contributed by atoms with Crippen LogP contribution in [-0.2, 0) is 4.79 Å². The molecular weight excluding hydrogens is 326 g/mol. The number of nitrogens with one attached hydrogen (secondary N) is 1. The van der Waals surface area contributed by atoms with Crippen molar-refractivity contribution in [1.82, 2.24) is 14.6 Å². The fourth-order valence-electron chi connectivity index (χ4n) is 3.71. The Morgan fingerprint density at radius 3 is 2.77 bits per heavy atom. The van der Waals surface area contributed by atoms with Gasteiger partial charge in [0.05, 0.1) is 5.92 Å². The molecule has 3 aromatic rings. The van der Waals surface area contributed by atoms with E-state index in [1.807, 2.05) is 54.8 Å². The van der Waals surface area contributed by atoms with Gasteiger partial charge < -0.3 is 10.2 Å². The van der Waals surface area contributed by atoms with E-state index in [0.717, 1.165) is 47.8 Å². The Morgan fingerprint density at radius 1 is 1.15 bits per heavy atom. The lowest BCUT2D eigenvalue weighted by Gasteiger charge is -2.32. The van der Waals surface area contributed by atoms with Crippen LogP contribution >= 0.6 is 0 Å². The molecule has 1 N–H and O–H groups in total. The minimum atomic E-state index is -0.0550. The minimum absolute atomic E-state index is 0.0550. The van der Waals surface area contributed by atoms with Crippen LogP contribution in [0.1, 0.15) is 24.0 Å². The number of fused-ring (bicyclic) bond motifs is 1. The first-order valence-corrected chi connectivity index (χ1v) is 9.04. The Kier molecular flexibility index (Phi) is 4.32.